The Morgan fingerprint density at radius 2 is 1.56 bits per heavy atom. The molecule has 5 nitrogen and oxygen atoms in total. The fourth-order valence-corrected chi connectivity index (χ4v) is 2.00. The Bertz CT molecular complexity index is 368. The molecule has 1 aliphatic heterocycles. The number of likely N-dealkylation sites (N-methyl/N-ethyl adjacent to an activating group) is 1. The van der Waals surface area contributed by atoms with Gasteiger partial charge in [-0.15, -0.1) is 0 Å². The minimum atomic E-state index is -3.37. The van der Waals surface area contributed by atoms with E-state index in [1.807, 2.05) is 7.05 Å². The van der Waals surface area contributed by atoms with Crippen LogP contribution in [0.1, 0.15) is 13.8 Å². The summed E-state index contributed by atoms with van der Waals surface area (Å²) in [4.78, 5) is 15.9. The molecular formula is C10H20N2O3S. The SMILES string of the molecule is CN1CCN(C(=O)C(C)(C)S(C)(=O)=O)CC1. The molecule has 1 saturated heterocycles. The summed E-state index contributed by atoms with van der Waals surface area (Å²) in [6.45, 7) is 5.76. The largest absolute Gasteiger partial charge is 0.339 e. The van der Waals surface area contributed by atoms with Gasteiger partial charge in [0.2, 0.25) is 5.91 Å². The lowest BCUT2D eigenvalue weighted by Gasteiger charge is -2.36. The van der Waals surface area contributed by atoms with Crippen molar-refractivity contribution < 1.29 is 13.2 Å². The first-order chi connectivity index (χ1) is 7.16. The maximum atomic E-state index is 12.1. The zero-order valence-corrected chi connectivity index (χ0v) is 11.2. The smallest absolute Gasteiger partial charge is 0.243 e. The van der Waals surface area contributed by atoms with Crippen LogP contribution >= 0.6 is 0 Å². The lowest BCUT2D eigenvalue weighted by atomic mass is 10.1. The Labute approximate surface area is 97.3 Å². The van der Waals surface area contributed by atoms with Crippen molar-refractivity contribution in [3.05, 3.63) is 0 Å². The highest BCUT2D eigenvalue weighted by molar-refractivity contribution is 7.92. The molecule has 94 valence electrons. The lowest BCUT2D eigenvalue weighted by Crippen LogP contribution is -2.55. The predicted octanol–water partition coefficient (Wildman–Crippen LogP) is -0.416. The molecule has 1 amide bonds. The summed E-state index contributed by atoms with van der Waals surface area (Å²) >= 11 is 0. The van der Waals surface area contributed by atoms with Gasteiger partial charge >= 0.3 is 0 Å². The van der Waals surface area contributed by atoms with E-state index in [0.717, 1.165) is 19.3 Å². The average molecular weight is 248 g/mol. The van der Waals surface area contributed by atoms with E-state index in [1.165, 1.54) is 13.8 Å². The molecule has 1 heterocycles. The van der Waals surface area contributed by atoms with Crippen molar-refractivity contribution in [2.24, 2.45) is 0 Å². The first kappa shape index (κ1) is 13.4. The number of carbonyl (C=O) groups is 1. The monoisotopic (exact) mass is 248 g/mol. The fraction of sp³-hybridized carbons (Fsp3) is 0.900. The molecule has 0 saturated carbocycles. The van der Waals surface area contributed by atoms with Crippen LogP contribution in [0.25, 0.3) is 0 Å². The van der Waals surface area contributed by atoms with Gasteiger partial charge in [-0.2, -0.15) is 0 Å². The summed E-state index contributed by atoms with van der Waals surface area (Å²) in [6, 6.07) is 0. The van der Waals surface area contributed by atoms with Crippen molar-refractivity contribution in [1.29, 1.82) is 0 Å². The third-order valence-electron chi connectivity index (χ3n) is 3.23. The van der Waals surface area contributed by atoms with E-state index in [2.05, 4.69) is 4.90 Å². The van der Waals surface area contributed by atoms with Gasteiger partial charge in [-0.1, -0.05) is 0 Å². The van der Waals surface area contributed by atoms with E-state index in [-0.39, 0.29) is 5.91 Å². The molecule has 16 heavy (non-hydrogen) atoms. The Kier molecular flexibility index (Phi) is 3.64. The predicted molar refractivity (Wildman–Crippen MR) is 63.0 cm³/mol. The molecule has 1 fully saturated rings. The topological polar surface area (TPSA) is 57.7 Å². The van der Waals surface area contributed by atoms with E-state index in [0.29, 0.717) is 13.1 Å². The third kappa shape index (κ3) is 2.55. The van der Waals surface area contributed by atoms with Gasteiger partial charge in [-0.3, -0.25) is 4.79 Å². The van der Waals surface area contributed by atoms with Crippen molar-refractivity contribution in [2.75, 3.05) is 39.5 Å². The first-order valence-corrected chi connectivity index (χ1v) is 7.23. The minimum Gasteiger partial charge on any atom is -0.339 e. The summed E-state index contributed by atoms with van der Waals surface area (Å²) in [5.74, 6) is -0.289. The van der Waals surface area contributed by atoms with Crippen LogP contribution in [0.3, 0.4) is 0 Å². The van der Waals surface area contributed by atoms with E-state index >= 15 is 0 Å². The molecule has 0 aromatic rings. The lowest BCUT2D eigenvalue weighted by molar-refractivity contribution is -0.134. The van der Waals surface area contributed by atoms with Gasteiger partial charge in [0.25, 0.3) is 0 Å². The van der Waals surface area contributed by atoms with Gasteiger partial charge in [0.1, 0.15) is 4.75 Å². The molecule has 0 N–H and O–H groups in total. The number of amides is 1. The standard InChI is InChI=1S/C10H20N2O3S/c1-10(2,16(4,14)15)9(13)12-7-5-11(3)6-8-12/h5-8H2,1-4H3. The van der Waals surface area contributed by atoms with Gasteiger partial charge in [-0.25, -0.2) is 8.42 Å². The van der Waals surface area contributed by atoms with Gasteiger partial charge in [-0.05, 0) is 20.9 Å². The molecular weight excluding hydrogens is 228 g/mol. The quantitative estimate of drug-likeness (QED) is 0.666. The molecule has 6 heteroatoms. The highest BCUT2D eigenvalue weighted by Crippen LogP contribution is 2.19. The highest BCUT2D eigenvalue weighted by Gasteiger charge is 2.41. The second-order valence-electron chi connectivity index (χ2n) is 4.88. The van der Waals surface area contributed by atoms with Crippen LogP contribution < -0.4 is 0 Å². The van der Waals surface area contributed by atoms with Crippen LogP contribution in [0.4, 0.5) is 0 Å². The van der Waals surface area contributed by atoms with E-state index < -0.39 is 14.6 Å². The van der Waals surface area contributed by atoms with Gasteiger partial charge in [0, 0.05) is 32.4 Å². The van der Waals surface area contributed by atoms with Gasteiger partial charge in [0.15, 0.2) is 9.84 Å². The zero-order valence-electron chi connectivity index (χ0n) is 10.4. The third-order valence-corrected chi connectivity index (χ3v) is 5.26. The molecule has 0 bridgehead atoms. The Hall–Kier alpha value is -0.620. The van der Waals surface area contributed by atoms with Crippen molar-refractivity contribution in [1.82, 2.24) is 9.80 Å². The number of nitrogens with zero attached hydrogens (tertiary/aromatic N) is 2. The van der Waals surface area contributed by atoms with Crippen LogP contribution in [0.5, 0.6) is 0 Å². The maximum absolute atomic E-state index is 12.1. The molecule has 0 aromatic heterocycles. The zero-order chi connectivity index (χ0) is 12.6. The van der Waals surface area contributed by atoms with Gasteiger partial charge in [0.05, 0.1) is 0 Å². The Morgan fingerprint density at radius 1 is 1.12 bits per heavy atom. The minimum absolute atomic E-state index is 0.289. The van der Waals surface area contributed by atoms with Gasteiger partial charge < -0.3 is 9.80 Å². The summed E-state index contributed by atoms with van der Waals surface area (Å²) in [6.07, 6.45) is 1.11. The summed E-state index contributed by atoms with van der Waals surface area (Å²) in [5, 5.41) is 0. The maximum Gasteiger partial charge on any atom is 0.243 e. The van der Waals surface area contributed by atoms with Crippen molar-refractivity contribution in [3.8, 4) is 0 Å². The number of rotatable bonds is 2. The van der Waals surface area contributed by atoms with Crippen molar-refractivity contribution in [3.63, 3.8) is 0 Å². The van der Waals surface area contributed by atoms with Crippen LogP contribution in [0.2, 0.25) is 0 Å². The second-order valence-corrected chi connectivity index (χ2v) is 7.44. The molecule has 1 aliphatic rings. The molecule has 0 spiro atoms. The summed E-state index contributed by atoms with van der Waals surface area (Å²) in [5.41, 5.74) is 0. The summed E-state index contributed by atoms with van der Waals surface area (Å²) < 4.78 is 21.8. The Balaban J connectivity index is 2.79. The number of carbonyl (C=O) groups excluding carboxylic acids is 1. The Morgan fingerprint density at radius 3 is 1.94 bits per heavy atom. The molecule has 1 rings (SSSR count). The summed E-state index contributed by atoms with van der Waals surface area (Å²) in [7, 11) is -1.38. The van der Waals surface area contributed by atoms with E-state index in [9.17, 15) is 13.2 Å². The van der Waals surface area contributed by atoms with Crippen LogP contribution in [-0.2, 0) is 14.6 Å². The first-order valence-electron chi connectivity index (χ1n) is 5.34. The van der Waals surface area contributed by atoms with Crippen LogP contribution in [0, 0.1) is 0 Å². The normalized spacial score (nSPS) is 19.9. The molecule has 0 aromatic carbocycles. The van der Waals surface area contributed by atoms with Crippen LogP contribution in [-0.4, -0.2) is 68.4 Å². The number of sulfone groups is 1. The van der Waals surface area contributed by atoms with Crippen molar-refractivity contribution >= 4 is 15.7 Å². The number of hydrogen-bond donors (Lipinski definition) is 0. The highest BCUT2D eigenvalue weighted by atomic mass is 32.2. The molecule has 0 radical (unpaired) electrons. The van der Waals surface area contributed by atoms with E-state index in [1.54, 1.807) is 4.90 Å². The van der Waals surface area contributed by atoms with Crippen LogP contribution in [0.15, 0.2) is 0 Å². The average Bonchev–Trinajstić information content (AvgIpc) is 2.16. The number of hydrogen-bond acceptors (Lipinski definition) is 4. The number of piperazine rings is 1. The fourth-order valence-electron chi connectivity index (χ4n) is 1.55. The molecule has 0 atom stereocenters. The molecule has 0 unspecified atom stereocenters. The molecule has 0 aliphatic carbocycles. The van der Waals surface area contributed by atoms with Crippen molar-refractivity contribution in [2.45, 2.75) is 18.6 Å². The van der Waals surface area contributed by atoms with E-state index in [4.69, 9.17) is 0 Å². The second kappa shape index (κ2) is 4.33.